The van der Waals surface area contributed by atoms with E-state index in [-0.39, 0.29) is 25.7 Å². The number of hydrogen-bond acceptors (Lipinski definition) is 5. The molecule has 0 unspecified atom stereocenters. The molecule has 26 heavy (non-hydrogen) atoms. The van der Waals surface area contributed by atoms with Crippen LogP contribution in [0, 0.1) is 12.3 Å². The van der Waals surface area contributed by atoms with Crippen molar-refractivity contribution in [1.29, 1.82) is 0 Å². The van der Waals surface area contributed by atoms with Crippen LogP contribution in [-0.2, 0) is 11.2 Å². The fraction of sp³-hybridized carbons (Fsp3) is 0.158. The minimum Gasteiger partial charge on any atom is -0.480 e. The average Bonchev–Trinajstić information content (AvgIpc) is 3.09. The summed E-state index contributed by atoms with van der Waals surface area (Å²) < 4.78 is 16.9. The van der Waals surface area contributed by atoms with Crippen molar-refractivity contribution in [1.82, 2.24) is 5.43 Å². The lowest BCUT2D eigenvalue weighted by atomic mass is 10.1. The first-order chi connectivity index (χ1) is 12.7. The number of carbonyl (C=O) groups is 1. The molecular weight excluding hydrogens is 400 g/mol. The van der Waals surface area contributed by atoms with Crippen molar-refractivity contribution in [2.24, 2.45) is 5.10 Å². The number of rotatable bonds is 6. The van der Waals surface area contributed by atoms with Gasteiger partial charge in [-0.1, -0.05) is 27.9 Å². The third kappa shape index (κ3) is 4.55. The quantitative estimate of drug-likeness (QED) is 0.448. The number of ether oxygens (including phenoxy) is 3. The van der Waals surface area contributed by atoms with Crippen molar-refractivity contribution in [2.45, 2.75) is 6.42 Å². The van der Waals surface area contributed by atoms with Gasteiger partial charge in [-0.05, 0) is 35.9 Å². The van der Waals surface area contributed by atoms with E-state index >= 15 is 0 Å². The number of halogens is 1. The summed E-state index contributed by atoms with van der Waals surface area (Å²) in [6.07, 6.45) is 6.89. The van der Waals surface area contributed by atoms with E-state index in [4.69, 9.17) is 20.6 Å². The molecule has 7 heteroatoms. The molecule has 0 atom stereocenters. The van der Waals surface area contributed by atoms with Crippen molar-refractivity contribution in [2.75, 3.05) is 13.4 Å². The van der Waals surface area contributed by atoms with Crippen LogP contribution in [0.2, 0.25) is 0 Å². The summed E-state index contributed by atoms with van der Waals surface area (Å²) in [4.78, 5) is 12.1. The molecule has 0 spiro atoms. The van der Waals surface area contributed by atoms with E-state index in [1.807, 2.05) is 18.2 Å². The molecule has 1 heterocycles. The summed E-state index contributed by atoms with van der Waals surface area (Å²) in [7, 11) is 0. The Kier molecular flexibility index (Phi) is 5.77. The number of fused-ring (bicyclic) bond motifs is 1. The van der Waals surface area contributed by atoms with Crippen molar-refractivity contribution in [3.8, 4) is 29.6 Å². The molecule has 6 nitrogen and oxygen atoms in total. The van der Waals surface area contributed by atoms with Gasteiger partial charge in [0.1, 0.15) is 12.4 Å². The summed E-state index contributed by atoms with van der Waals surface area (Å²) >= 11 is 3.39. The molecule has 1 aliphatic rings. The Balaban J connectivity index is 1.60. The van der Waals surface area contributed by atoms with Crippen LogP contribution in [0.5, 0.6) is 17.2 Å². The number of hydrogen-bond donors (Lipinski definition) is 1. The molecule has 0 saturated heterocycles. The van der Waals surface area contributed by atoms with Gasteiger partial charge in [-0.3, -0.25) is 4.79 Å². The van der Waals surface area contributed by atoms with E-state index in [1.54, 1.807) is 18.2 Å². The molecule has 2 aromatic carbocycles. The second-order valence-corrected chi connectivity index (χ2v) is 6.25. The molecule has 0 saturated carbocycles. The highest BCUT2D eigenvalue weighted by molar-refractivity contribution is 9.10. The van der Waals surface area contributed by atoms with Crippen LogP contribution in [0.15, 0.2) is 46.0 Å². The van der Waals surface area contributed by atoms with Crippen LogP contribution in [0.3, 0.4) is 0 Å². The van der Waals surface area contributed by atoms with Crippen molar-refractivity contribution < 1.29 is 19.0 Å². The molecule has 1 amide bonds. The standard InChI is InChI=1S/C19H15BrN2O4/c1-2-7-24-16-6-4-15(20)10-14(16)11-21-22-19(23)9-13-3-5-17-18(8-13)26-12-25-17/h1,3-6,8,10-11H,7,9,12H2,(H,22,23)/b21-11-. The lowest BCUT2D eigenvalue weighted by Gasteiger charge is -2.07. The van der Waals surface area contributed by atoms with E-state index < -0.39 is 0 Å². The van der Waals surface area contributed by atoms with E-state index in [9.17, 15) is 4.79 Å². The van der Waals surface area contributed by atoms with Gasteiger partial charge in [-0.25, -0.2) is 5.43 Å². The number of amides is 1. The maximum absolute atomic E-state index is 12.1. The molecule has 2 aromatic rings. The fourth-order valence-electron chi connectivity index (χ4n) is 2.32. The van der Waals surface area contributed by atoms with Gasteiger partial charge in [0.25, 0.3) is 0 Å². The number of hydrazone groups is 1. The zero-order valence-electron chi connectivity index (χ0n) is 13.7. The van der Waals surface area contributed by atoms with Gasteiger partial charge in [0.15, 0.2) is 11.5 Å². The van der Waals surface area contributed by atoms with Crippen molar-refractivity contribution >= 4 is 28.1 Å². The maximum atomic E-state index is 12.1. The molecule has 0 bridgehead atoms. The second kappa shape index (κ2) is 8.41. The molecule has 1 aliphatic heterocycles. The highest BCUT2D eigenvalue weighted by Crippen LogP contribution is 2.32. The number of terminal acetylenes is 1. The molecule has 1 N–H and O–H groups in total. The van der Waals surface area contributed by atoms with Gasteiger partial charge >= 0.3 is 0 Å². The Morgan fingerprint density at radius 3 is 3.00 bits per heavy atom. The third-order valence-electron chi connectivity index (χ3n) is 3.48. The highest BCUT2D eigenvalue weighted by atomic mass is 79.9. The Labute approximate surface area is 159 Å². The van der Waals surface area contributed by atoms with Crippen molar-refractivity contribution in [3.05, 3.63) is 52.0 Å². The second-order valence-electron chi connectivity index (χ2n) is 5.33. The van der Waals surface area contributed by atoms with Crippen LogP contribution in [-0.4, -0.2) is 25.5 Å². The predicted octanol–water partition coefficient (Wildman–Crippen LogP) is 2.88. The SMILES string of the molecule is C#CCOc1ccc(Br)cc1/C=N\NC(=O)Cc1ccc2c(c1)OCO2. The Morgan fingerprint density at radius 1 is 1.31 bits per heavy atom. The predicted molar refractivity (Wildman–Crippen MR) is 100 cm³/mol. The summed E-state index contributed by atoms with van der Waals surface area (Å²) in [5.74, 6) is 4.07. The number of nitrogens with one attached hydrogen (secondary N) is 1. The smallest absolute Gasteiger partial charge is 0.244 e. The van der Waals surface area contributed by atoms with Gasteiger partial charge < -0.3 is 14.2 Å². The minimum absolute atomic E-state index is 0.152. The van der Waals surface area contributed by atoms with Crippen molar-refractivity contribution in [3.63, 3.8) is 0 Å². The van der Waals surface area contributed by atoms with Gasteiger partial charge in [0, 0.05) is 10.0 Å². The van der Waals surface area contributed by atoms with E-state index in [0.717, 1.165) is 10.0 Å². The van der Waals surface area contributed by atoms with Gasteiger partial charge in [-0.15, -0.1) is 6.42 Å². The molecular formula is C19H15BrN2O4. The van der Waals surface area contributed by atoms with Crippen LogP contribution in [0.1, 0.15) is 11.1 Å². The normalized spacial score (nSPS) is 12.0. The lowest BCUT2D eigenvalue weighted by Crippen LogP contribution is -2.19. The maximum Gasteiger partial charge on any atom is 0.244 e. The van der Waals surface area contributed by atoms with Crippen LogP contribution in [0.25, 0.3) is 0 Å². The summed E-state index contributed by atoms with van der Waals surface area (Å²) in [5, 5.41) is 3.99. The largest absolute Gasteiger partial charge is 0.480 e. The van der Waals surface area contributed by atoms with Crippen LogP contribution >= 0.6 is 15.9 Å². The first-order valence-electron chi connectivity index (χ1n) is 7.72. The summed E-state index contributed by atoms with van der Waals surface area (Å²) in [5.41, 5.74) is 4.00. The molecule has 0 radical (unpaired) electrons. The molecule has 0 aliphatic carbocycles. The summed E-state index contributed by atoms with van der Waals surface area (Å²) in [6, 6.07) is 10.8. The Morgan fingerprint density at radius 2 is 2.15 bits per heavy atom. The highest BCUT2D eigenvalue weighted by Gasteiger charge is 2.14. The summed E-state index contributed by atoms with van der Waals surface area (Å²) in [6.45, 7) is 0.352. The van der Waals surface area contributed by atoms with E-state index in [1.165, 1.54) is 6.21 Å². The van der Waals surface area contributed by atoms with E-state index in [0.29, 0.717) is 22.8 Å². The molecule has 0 fully saturated rings. The number of benzene rings is 2. The van der Waals surface area contributed by atoms with Gasteiger partial charge in [-0.2, -0.15) is 5.10 Å². The van der Waals surface area contributed by atoms with Gasteiger partial charge in [0.05, 0.1) is 12.6 Å². The topological polar surface area (TPSA) is 69.2 Å². The Hall–Kier alpha value is -2.98. The molecule has 3 rings (SSSR count). The minimum atomic E-state index is -0.249. The third-order valence-corrected chi connectivity index (χ3v) is 3.97. The number of carbonyl (C=O) groups excluding carboxylic acids is 1. The number of nitrogens with zero attached hydrogens (tertiary/aromatic N) is 1. The zero-order valence-corrected chi connectivity index (χ0v) is 15.3. The van der Waals surface area contributed by atoms with Gasteiger partial charge in [0.2, 0.25) is 12.7 Å². The zero-order chi connectivity index (χ0) is 18.4. The van der Waals surface area contributed by atoms with Crippen LogP contribution in [0.4, 0.5) is 0 Å². The fourth-order valence-corrected chi connectivity index (χ4v) is 2.70. The molecule has 132 valence electrons. The first kappa shape index (κ1) is 17.8. The first-order valence-corrected chi connectivity index (χ1v) is 8.51. The van der Waals surface area contributed by atoms with E-state index in [2.05, 4.69) is 32.4 Å². The Bertz CT molecular complexity index is 890. The van der Waals surface area contributed by atoms with Crippen LogP contribution < -0.4 is 19.6 Å². The average molecular weight is 415 g/mol. The monoisotopic (exact) mass is 414 g/mol. The lowest BCUT2D eigenvalue weighted by molar-refractivity contribution is -0.120. The molecule has 0 aromatic heterocycles.